The van der Waals surface area contributed by atoms with Crippen molar-refractivity contribution in [3.8, 4) is 53.1 Å². The normalized spacial score (nSPS) is 15.4. The van der Waals surface area contributed by atoms with Crippen molar-refractivity contribution < 1.29 is 30.6 Å². The summed E-state index contributed by atoms with van der Waals surface area (Å²) in [7, 11) is 0. The largest absolute Gasteiger partial charge is 0.494 e. The lowest BCUT2D eigenvalue weighted by Gasteiger charge is -2.13. The number of hydrogen-bond acceptors (Lipinski definition) is 9. The Hall–Kier alpha value is -5.13. The number of aromatic nitrogens is 6. The first-order valence-corrected chi connectivity index (χ1v) is 12.6. The van der Waals surface area contributed by atoms with Gasteiger partial charge in [-0.25, -0.2) is 13.7 Å². The highest BCUT2D eigenvalue weighted by Gasteiger charge is 2.31. The van der Waals surface area contributed by atoms with Gasteiger partial charge in [0.1, 0.15) is 0 Å². The van der Waals surface area contributed by atoms with E-state index in [4.69, 9.17) is 0 Å². The van der Waals surface area contributed by atoms with Gasteiger partial charge in [-0.05, 0) is 38.5 Å². The summed E-state index contributed by atoms with van der Waals surface area (Å²) in [5, 5.41) is 66.3. The van der Waals surface area contributed by atoms with Crippen LogP contribution in [0.3, 0.4) is 0 Å². The molecule has 0 amide bonds. The van der Waals surface area contributed by atoms with E-state index in [1.54, 1.807) is 18.2 Å². The maximum Gasteiger partial charge on any atom is 0.246 e. The van der Waals surface area contributed by atoms with Gasteiger partial charge in [0.2, 0.25) is 53.1 Å². The number of allylic oxidation sites excluding steroid dienone is 3. The van der Waals surface area contributed by atoms with Crippen LogP contribution in [0.2, 0.25) is 0 Å². The van der Waals surface area contributed by atoms with Crippen LogP contribution in [-0.4, -0.2) is 59.3 Å². The van der Waals surface area contributed by atoms with Crippen LogP contribution in [-0.2, 0) is 19.3 Å². The van der Waals surface area contributed by atoms with Crippen LogP contribution in [0, 0.1) is 0 Å². The van der Waals surface area contributed by atoms with Crippen LogP contribution in [0.25, 0.3) is 36.1 Å². The minimum absolute atomic E-state index is 0.255. The molecule has 3 aliphatic carbocycles. The Morgan fingerprint density at radius 3 is 0.974 bits per heavy atom. The molecular weight excluding hydrogens is 504 g/mol. The molecule has 198 valence electrons. The van der Waals surface area contributed by atoms with Crippen molar-refractivity contribution >= 4 is 18.2 Å². The van der Waals surface area contributed by atoms with Gasteiger partial charge in [0, 0.05) is 33.4 Å². The molecular formula is C27H24N6O6. The second kappa shape index (κ2) is 8.18. The molecule has 4 aromatic rings. The first-order chi connectivity index (χ1) is 18.9. The molecule has 4 aromatic heterocycles. The van der Waals surface area contributed by atoms with Crippen molar-refractivity contribution in [3.05, 3.63) is 51.6 Å². The summed E-state index contributed by atoms with van der Waals surface area (Å²) >= 11 is 0. The molecule has 0 bridgehead atoms. The van der Waals surface area contributed by atoms with Gasteiger partial charge >= 0.3 is 0 Å². The zero-order chi connectivity index (χ0) is 27.0. The lowest BCUT2D eigenvalue weighted by atomic mass is 10.0. The molecule has 0 unspecified atom stereocenters. The summed E-state index contributed by atoms with van der Waals surface area (Å²) in [5.74, 6) is -2.53. The molecule has 0 fully saturated rings. The van der Waals surface area contributed by atoms with Crippen LogP contribution < -0.4 is 0 Å². The number of fused-ring (bicyclic) bond motifs is 3. The number of aromatic hydroxyl groups is 6. The third kappa shape index (κ3) is 3.14. The Morgan fingerprint density at radius 1 is 0.436 bits per heavy atom. The summed E-state index contributed by atoms with van der Waals surface area (Å²) in [6.07, 6.45) is 14.2. The smallest absolute Gasteiger partial charge is 0.246 e. The highest BCUT2D eigenvalue weighted by molar-refractivity contribution is 5.69. The van der Waals surface area contributed by atoms with Gasteiger partial charge < -0.3 is 30.6 Å². The van der Waals surface area contributed by atoms with Gasteiger partial charge in [0.25, 0.3) is 0 Å². The van der Waals surface area contributed by atoms with E-state index in [1.807, 2.05) is 18.2 Å². The van der Waals surface area contributed by atoms with Crippen molar-refractivity contribution in [1.82, 2.24) is 28.7 Å². The minimum atomic E-state index is -0.312. The molecule has 0 radical (unpaired) electrons. The third-order valence-electron chi connectivity index (χ3n) is 7.52. The Labute approximate surface area is 221 Å². The molecule has 12 nitrogen and oxygen atoms in total. The molecule has 6 N–H and O–H groups in total. The summed E-state index contributed by atoms with van der Waals surface area (Å²) in [6, 6.07) is 0. The topological polar surface area (TPSA) is 175 Å². The van der Waals surface area contributed by atoms with Gasteiger partial charge in [-0.15, -0.1) is 0 Å². The van der Waals surface area contributed by atoms with Gasteiger partial charge in [-0.1, -0.05) is 36.5 Å². The highest BCUT2D eigenvalue weighted by Crippen LogP contribution is 2.43. The molecule has 7 rings (SSSR count). The van der Waals surface area contributed by atoms with Crippen LogP contribution in [0.1, 0.15) is 52.6 Å². The van der Waals surface area contributed by atoms with Gasteiger partial charge in [-0.3, -0.25) is 0 Å². The van der Waals surface area contributed by atoms with E-state index < -0.39 is 0 Å². The zero-order valence-electron chi connectivity index (χ0n) is 20.6. The van der Waals surface area contributed by atoms with Crippen LogP contribution in [0.15, 0.2) is 18.2 Å². The molecule has 0 saturated heterocycles. The Morgan fingerprint density at radius 2 is 0.718 bits per heavy atom. The molecule has 0 aromatic carbocycles. The van der Waals surface area contributed by atoms with Gasteiger partial charge in [0.15, 0.2) is 0 Å². The van der Waals surface area contributed by atoms with E-state index in [0.717, 1.165) is 13.7 Å². The zero-order valence-corrected chi connectivity index (χ0v) is 20.6. The van der Waals surface area contributed by atoms with Gasteiger partial charge in [-0.2, -0.15) is 15.0 Å². The number of hydrogen-bond donors (Lipinski definition) is 6. The van der Waals surface area contributed by atoms with Crippen LogP contribution in [0.5, 0.6) is 35.3 Å². The standard InChI is InChI=1S/C27H24N6O6/c34-19-13-7-1-2-8-14(13)20(35)31(19)25-28-26(32-21(36)15-9-3-4-10-16(15)22(32)37)30-27(29-25)33-23(38)17-11-5-6-12-18(17)24(33)39/h1,3,5,7,9,11,34-39H,2,4,6,8,10,12H2. The molecule has 0 spiro atoms. The van der Waals surface area contributed by atoms with E-state index in [2.05, 4.69) is 15.0 Å². The Kier molecular flexibility index (Phi) is 4.83. The maximum atomic E-state index is 11.1. The van der Waals surface area contributed by atoms with Crippen molar-refractivity contribution in [2.24, 2.45) is 0 Å². The van der Waals surface area contributed by atoms with E-state index in [1.165, 1.54) is 0 Å². The average molecular weight is 529 g/mol. The molecule has 12 heteroatoms. The monoisotopic (exact) mass is 528 g/mol. The predicted molar refractivity (Wildman–Crippen MR) is 140 cm³/mol. The van der Waals surface area contributed by atoms with Crippen molar-refractivity contribution in [2.45, 2.75) is 38.5 Å². The second-order valence-corrected chi connectivity index (χ2v) is 9.68. The molecule has 0 saturated carbocycles. The third-order valence-corrected chi connectivity index (χ3v) is 7.52. The van der Waals surface area contributed by atoms with E-state index in [9.17, 15) is 30.6 Å². The number of nitrogens with zero attached hydrogens (tertiary/aromatic N) is 6. The lowest BCUT2D eigenvalue weighted by Crippen LogP contribution is -2.13. The summed E-state index contributed by atoms with van der Waals surface area (Å²) in [4.78, 5) is 13.2. The molecule has 0 atom stereocenters. The lowest BCUT2D eigenvalue weighted by molar-refractivity contribution is 0.388. The van der Waals surface area contributed by atoms with Crippen molar-refractivity contribution in [3.63, 3.8) is 0 Å². The van der Waals surface area contributed by atoms with E-state index >= 15 is 0 Å². The molecule has 39 heavy (non-hydrogen) atoms. The fraction of sp³-hybridized carbons (Fsp3) is 0.222. The molecule has 0 aliphatic heterocycles. The summed E-state index contributed by atoms with van der Waals surface area (Å²) in [5.41, 5.74) is 2.79. The predicted octanol–water partition coefficient (Wildman–Crippen LogP) is 3.36. The minimum Gasteiger partial charge on any atom is -0.494 e. The highest BCUT2D eigenvalue weighted by atomic mass is 16.3. The quantitative estimate of drug-likeness (QED) is 0.233. The Balaban J connectivity index is 1.52. The first-order valence-electron chi connectivity index (χ1n) is 12.6. The summed E-state index contributed by atoms with van der Waals surface area (Å²) in [6.45, 7) is 0. The van der Waals surface area contributed by atoms with Crippen LogP contribution >= 0.6 is 0 Å². The fourth-order valence-electron chi connectivity index (χ4n) is 5.60. The summed E-state index contributed by atoms with van der Waals surface area (Å²) < 4.78 is 3.09. The van der Waals surface area contributed by atoms with E-state index in [-0.39, 0.29) is 53.1 Å². The second-order valence-electron chi connectivity index (χ2n) is 9.68. The maximum absolute atomic E-state index is 11.1. The average Bonchev–Trinajstić information content (AvgIpc) is 3.48. The van der Waals surface area contributed by atoms with Crippen molar-refractivity contribution in [1.29, 1.82) is 0 Å². The first kappa shape index (κ1) is 23.0. The van der Waals surface area contributed by atoms with Crippen LogP contribution in [0.4, 0.5) is 0 Å². The molecule has 4 heterocycles. The van der Waals surface area contributed by atoms with E-state index in [0.29, 0.717) is 71.9 Å². The fourth-order valence-corrected chi connectivity index (χ4v) is 5.60. The Bertz CT molecular complexity index is 1570. The SMILES string of the molecule is Oc1c2c(c(O)n1-c1nc(-n3c(O)c4c(c3O)CCC=C4)nc(-n3c(O)c4c(c3O)CCC=C4)n1)CCC=C2. The van der Waals surface area contributed by atoms with Gasteiger partial charge in [0.05, 0.1) is 0 Å². The molecule has 3 aliphatic rings. The van der Waals surface area contributed by atoms with Crippen molar-refractivity contribution in [2.75, 3.05) is 0 Å². The number of rotatable bonds is 3.